The van der Waals surface area contributed by atoms with Gasteiger partial charge in [-0.2, -0.15) is 0 Å². The van der Waals surface area contributed by atoms with Crippen molar-refractivity contribution >= 4 is 43.1 Å². The molecule has 2 bridgehead atoms. The molecule has 6 aliphatic rings. The first kappa shape index (κ1) is 38.5. The summed E-state index contributed by atoms with van der Waals surface area (Å²) in [5, 5.41) is 12.8. The lowest BCUT2D eigenvalue weighted by Crippen LogP contribution is -2.58. The molecule has 54 heavy (non-hydrogen) atoms. The predicted octanol–water partition coefficient (Wildman–Crippen LogP) is 5.74. The third kappa shape index (κ3) is 7.32. The van der Waals surface area contributed by atoms with Crippen molar-refractivity contribution in [3.8, 4) is 5.75 Å². The Morgan fingerprint density at radius 3 is 2.48 bits per heavy atom. The maximum atomic E-state index is 13.6. The molecule has 0 radical (unpaired) electrons. The number of nitrogens with zero attached hydrogens (tertiary/aromatic N) is 2. The Labute approximate surface area is 326 Å². The number of hydrogen-bond donors (Lipinski definition) is 2. The van der Waals surface area contributed by atoms with E-state index in [1.54, 1.807) is 25.1 Å². The normalized spacial score (nSPS) is 34.9. The highest BCUT2D eigenvalue weighted by atomic mass is 35.5. The molecule has 2 aromatic carbocycles. The lowest BCUT2D eigenvalue weighted by molar-refractivity contribution is -0.110. The number of sulfone groups is 1. The molecule has 2 spiro atoms. The zero-order valence-corrected chi connectivity index (χ0v) is 34.1. The van der Waals surface area contributed by atoms with Crippen LogP contribution in [0.4, 0.5) is 5.69 Å². The van der Waals surface area contributed by atoms with Gasteiger partial charge in [0.1, 0.15) is 5.75 Å². The van der Waals surface area contributed by atoms with Gasteiger partial charge in [-0.1, -0.05) is 31.0 Å². The van der Waals surface area contributed by atoms with Crippen molar-refractivity contribution in [3.05, 3.63) is 58.1 Å². The molecule has 4 heterocycles. The van der Waals surface area contributed by atoms with Crippen LogP contribution in [0.5, 0.6) is 5.75 Å². The van der Waals surface area contributed by atoms with E-state index in [0.29, 0.717) is 51.3 Å². The minimum atomic E-state index is -3.98. The average molecular weight is 803 g/mol. The Balaban J connectivity index is 1.14. The molecule has 2 aliphatic carbocycles. The van der Waals surface area contributed by atoms with Crippen molar-refractivity contribution in [1.82, 2.24) is 9.62 Å². The number of benzene rings is 2. The van der Waals surface area contributed by atoms with Crippen molar-refractivity contribution in [2.75, 3.05) is 55.7 Å². The molecule has 4 aliphatic heterocycles. The van der Waals surface area contributed by atoms with E-state index in [-0.39, 0.29) is 45.7 Å². The van der Waals surface area contributed by atoms with Crippen molar-refractivity contribution in [3.63, 3.8) is 0 Å². The van der Waals surface area contributed by atoms with Gasteiger partial charge in [-0.15, -0.1) is 0 Å². The zero-order chi connectivity index (χ0) is 38.1. The monoisotopic (exact) mass is 801 g/mol. The van der Waals surface area contributed by atoms with E-state index in [0.717, 1.165) is 75.2 Å². The number of carbonyl (C=O) groups is 1. The number of amides is 1. The molecule has 296 valence electrons. The summed E-state index contributed by atoms with van der Waals surface area (Å²) in [6.07, 6.45) is 8.97. The van der Waals surface area contributed by atoms with E-state index in [1.807, 2.05) is 13.0 Å². The quantitative estimate of drug-likeness (QED) is 0.391. The van der Waals surface area contributed by atoms with E-state index in [2.05, 4.69) is 26.7 Å². The number of ether oxygens (including phenoxy) is 1. The number of piperidine rings is 1. The van der Waals surface area contributed by atoms with Crippen molar-refractivity contribution in [1.29, 1.82) is 0 Å². The Bertz CT molecular complexity index is 2000. The molecule has 2 saturated heterocycles. The van der Waals surface area contributed by atoms with Gasteiger partial charge in [0, 0.05) is 35.6 Å². The standard InChI is InChI=1S/C41H56ClN3O7S2/c1-28-5-3-14-41(47,25-44-18-15-39(16-19-44)17-20-53(48,49)27-39)35-10-7-32(35)23-45-24-40(13-4-6-30-21-33(42)9-11-34(30)40)26-52-37-12-8-31(22-36(37)45)38(46)43-54(50,51)29(28)2/h8-9,11-12,21-22,28-29,32,35,47H,3-7,10,13-20,23-27H2,1-2H3,(H,43,46)/t28-,29?,32-,35+,40-,41+/m0/s1. The number of aryl methyl sites for hydroxylation is 1. The predicted molar refractivity (Wildman–Crippen MR) is 212 cm³/mol. The summed E-state index contributed by atoms with van der Waals surface area (Å²) in [4.78, 5) is 18.3. The van der Waals surface area contributed by atoms with E-state index in [9.17, 15) is 26.7 Å². The molecule has 0 aromatic heterocycles. The van der Waals surface area contributed by atoms with E-state index >= 15 is 0 Å². The highest BCUT2D eigenvalue weighted by molar-refractivity contribution is 7.91. The number of anilines is 1. The lowest BCUT2D eigenvalue weighted by Gasteiger charge is -2.52. The van der Waals surface area contributed by atoms with Gasteiger partial charge in [0.25, 0.3) is 5.91 Å². The topological polar surface area (TPSA) is 133 Å². The number of rotatable bonds is 2. The van der Waals surface area contributed by atoms with E-state index in [4.69, 9.17) is 16.3 Å². The summed E-state index contributed by atoms with van der Waals surface area (Å²) in [5.41, 5.74) is 2.08. The third-order valence-corrected chi connectivity index (χ3v) is 18.6. The summed E-state index contributed by atoms with van der Waals surface area (Å²) in [6.45, 7) is 7.43. The van der Waals surface area contributed by atoms with Crippen LogP contribution in [-0.4, -0.2) is 94.4 Å². The molecule has 2 aromatic rings. The Morgan fingerprint density at radius 1 is 0.963 bits per heavy atom. The molecule has 6 atom stereocenters. The van der Waals surface area contributed by atoms with E-state index in [1.165, 1.54) is 11.1 Å². The fraction of sp³-hybridized carbons (Fsp3) is 0.683. The van der Waals surface area contributed by atoms with Crippen LogP contribution in [0, 0.1) is 23.2 Å². The van der Waals surface area contributed by atoms with Crippen LogP contribution >= 0.6 is 11.6 Å². The van der Waals surface area contributed by atoms with Gasteiger partial charge in [-0.3, -0.25) is 4.79 Å². The molecule has 1 saturated carbocycles. The van der Waals surface area contributed by atoms with Gasteiger partial charge in [-0.25, -0.2) is 21.6 Å². The summed E-state index contributed by atoms with van der Waals surface area (Å²) < 4.78 is 61.0. The first-order valence-corrected chi connectivity index (χ1v) is 23.8. The first-order chi connectivity index (χ1) is 25.6. The molecule has 1 unspecified atom stereocenters. The van der Waals surface area contributed by atoms with Gasteiger partial charge in [0.05, 0.1) is 34.7 Å². The number of fused-ring (bicyclic) bond motifs is 4. The second kappa shape index (κ2) is 14.2. The number of hydrogen-bond acceptors (Lipinski definition) is 9. The van der Waals surface area contributed by atoms with Crippen LogP contribution in [-0.2, 0) is 31.7 Å². The highest BCUT2D eigenvalue weighted by Crippen LogP contribution is 2.50. The molecular weight excluding hydrogens is 746 g/mol. The van der Waals surface area contributed by atoms with Crippen molar-refractivity contribution in [2.45, 2.75) is 101 Å². The molecule has 8 rings (SSSR count). The number of sulfonamides is 1. The second-order valence-corrected chi connectivity index (χ2v) is 22.7. The average Bonchev–Trinajstić information content (AvgIpc) is 3.32. The Kier molecular flexibility index (Phi) is 10.1. The van der Waals surface area contributed by atoms with Gasteiger partial charge in [0.15, 0.2) is 9.84 Å². The number of carbonyl (C=O) groups excluding carboxylic acids is 1. The van der Waals surface area contributed by atoms with Crippen LogP contribution in [0.25, 0.3) is 0 Å². The van der Waals surface area contributed by atoms with Crippen LogP contribution in [0.1, 0.15) is 99.5 Å². The van der Waals surface area contributed by atoms with Crippen LogP contribution in [0.3, 0.4) is 0 Å². The van der Waals surface area contributed by atoms with Gasteiger partial charge < -0.3 is 19.6 Å². The van der Waals surface area contributed by atoms with Crippen molar-refractivity contribution in [2.24, 2.45) is 23.2 Å². The summed E-state index contributed by atoms with van der Waals surface area (Å²) >= 11 is 6.48. The number of nitrogens with one attached hydrogen (secondary N) is 1. The first-order valence-electron chi connectivity index (χ1n) is 20.1. The number of β-amino-alcohol motifs (C(OH)–C–C–N with tert-alkyl or cyclic N) is 1. The highest BCUT2D eigenvalue weighted by Gasteiger charge is 2.51. The van der Waals surface area contributed by atoms with Crippen LogP contribution < -0.4 is 14.4 Å². The Hall–Kier alpha value is -2.38. The minimum Gasteiger partial charge on any atom is -0.490 e. The fourth-order valence-electron chi connectivity index (χ4n) is 10.9. The smallest absolute Gasteiger partial charge is 0.264 e. The molecular formula is C41H56ClN3O7S2. The Morgan fingerprint density at radius 2 is 1.76 bits per heavy atom. The second-order valence-electron chi connectivity index (χ2n) is 18.0. The molecule has 3 fully saturated rings. The van der Waals surface area contributed by atoms with Gasteiger partial charge >= 0.3 is 0 Å². The van der Waals surface area contributed by atoms with Gasteiger partial charge in [-0.05, 0) is 149 Å². The SMILES string of the molecule is CC1[C@@H](C)CCC[C@@](O)(CN2CCC3(CC2)CCS(=O)(=O)C3)[C@@H]2CC[C@H]2CN2C[C@@]3(CCCc4cc(Cl)ccc43)COc3ccc(cc32)C(=O)NS1(=O)=O. The molecule has 13 heteroatoms. The third-order valence-electron chi connectivity index (χ3n) is 14.5. The summed E-state index contributed by atoms with van der Waals surface area (Å²) in [5.74, 6) is 0.589. The maximum Gasteiger partial charge on any atom is 0.264 e. The van der Waals surface area contributed by atoms with E-state index < -0.39 is 36.6 Å². The lowest BCUT2D eigenvalue weighted by atomic mass is 9.62. The van der Waals surface area contributed by atoms with Crippen LogP contribution in [0.2, 0.25) is 5.02 Å². The number of halogens is 1. The maximum absolute atomic E-state index is 13.6. The number of aliphatic hydroxyl groups is 1. The molecule has 10 nitrogen and oxygen atoms in total. The number of likely N-dealkylation sites (tertiary alicyclic amines) is 1. The largest absolute Gasteiger partial charge is 0.490 e. The molecule has 2 N–H and O–H groups in total. The zero-order valence-electron chi connectivity index (χ0n) is 31.7. The summed E-state index contributed by atoms with van der Waals surface area (Å²) in [7, 11) is -6.97. The van der Waals surface area contributed by atoms with Gasteiger partial charge in [0.2, 0.25) is 10.0 Å². The summed E-state index contributed by atoms with van der Waals surface area (Å²) in [6, 6.07) is 11.4. The fourth-order valence-corrected chi connectivity index (χ4v) is 14.7. The minimum absolute atomic E-state index is 0.0390. The van der Waals surface area contributed by atoms with Crippen molar-refractivity contribution < 1.29 is 31.5 Å². The van der Waals surface area contributed by atoms with Crippen LogP contribution in [0.15, 0.2) is 36.4 Å². The molecule has 1 amide bonds.